The van der Waals surface area contributed by atoms with E-state index in [0.29, 0.717) is 21.5 Å². The number of carbonyl (C=O) groups excluding carboxylic acids is 2. The SMILES string of the molecule is CCC(=O)N[C@H](Oc1ccc(/C=C2\SC(=S)N(CC)C2=O)cc1)C(Cl)(Cl)Cl. The molecule has 0 radical (unpaired) electrons. The van der Waals surface area contributed by atoms with Gasteiger partial charge in [-0.1, -0.05) is 77.8 Å². The maximum atomic E-state index is 12.2. The maximum absolute atomic E-state index is 12.2. The lowest BCUT2D eigenvalue weighted by molar-refractivity contribution is -0.123. The Morgan fingerprint density at radius 2 is 1.96 bits per heavy atom. The van der Waals surface area contributed by atoms with Crippen LogP contribution in [0.3, 0.4) is 0 Å². The summed E-state index contributed by atoms with van der Waals surface area (Å²) in [5, 5.41) is 2.51. The van der Waals surface area contributed by atoms with Crippen LogP contribution in [0.2, 0.25) is 0 Å². The van der Waals surface area contributed by atoms with Crippen LogP contribution in [0.15, 0.2) is 29.2 Å². The number of likely N-dealkylation sites (N-methyl/N-ethyl adjacent to an activating group) is 1. The first-order valence-electron chi connectivity index (χ1n) is 8.03. The van der Waals surface area contributed by atoms with Gasteiger partial charge in [-0.25, -0.2) is 0 Å². The van der Waals surface area contributed by atoms with E-state index in [1.807, 2.05) is 6.92 Å². The highest BCUT2D eigenvalue weighted by atomic mass is 35.6. The molecule has 146 valence electrons. The Hall–Kier alpha value is -0.990. The third-order valence-corrected chi connectivity index (χ3v) is 5.50. The molecule has 10 heteroatoms. The number of thioether (sulfide) groups is 1. The molecule has 1 aliphatic heterocycles. The summed E-state index contributed by atoms with van der Waals surface area (Å²) in [5.74, 6) is -0.00625. The van der Waals surface area contributed by atoms with Gasteiger partial charge in [0.25, 0.3) is 5.91 Å². The van der Waals surface area contributed by atoms with Gasteiger partial charge in [0.05, 0.1) is 4.91 Å². The minimum atomic E-state index is -1.84. The van der Waals surface area contributed by atoms with E-state index in [9.17, 15) is 9.59 Å². The van der Waals surface area contributed by atoms with Gasteiger partial charge in [-0.3, -0.25) is 14.5 Å². The van der Waals surface area contributed by atoms with Crippen LogP contribution in [0.5, 0.6) is 5.75 Å². The summed E-state index contributed by atoms with van der Waals surface area (Å²) in [5.41, 5.74) is 0.794. The van der Waals surface area contributed by atoms with E-state index in [2.05, 4.69) is 5.32 Å². The molecule has 0 spiro atoms. The van der Waals surface area contributed by atoms with Crippen molar-refractivity contribution in [3.8, 4) is 5.75 Å². The Morgan fingerprint density at radius 3 is 2.44 bits per heavy atom. The lowest BCUT2D eigenvalue weighted by atomic mass is 10.2. The van der Waals surface area contributed by atoms with Crippen LogP contribution in [0, 0.1) is 0 Å². The molecular formula is C17H17Cl3N2O3S2. The van der Waals surface area contributed by atoms with Crippen molar-refractivity contribution in [3.63, 3.8) is 0 Å². The van der Waals surface area contributed by atoms with E-state index in [4.69, 9.17) is 51.8 Å². The van der Waals surface area contributed by atoms with Gasteiger partial charge in [0, 0.05) is 13.0 Å². The Labute approximate surface area is 182 Å². The quantitative estimate of drug-likeness (QED) is 0.289. The van der Waals surface area contributed by atoms with E-state index in [0.717, 1.165) is 5.56 Å². The Bertz CT molecular complexity index is 764. The number of amides is 2. The zero-order valence-corrected chi connectivity index (χ0v) is 18.4. The summed E-state index contributed by atoms with van der Waals surface area (Å²) < 4.78 is 4.31. The highest BCUT2D eigenvalue weighted by Gasteiger charge is 2.36. The fourth-order valence-electron chi connectivity index (χ4n) is 2.13. The van der Waals surface area contributed by atoms with E-state index < -0.39 is 10.0 Å². The molecule has 1 heterocycles. The molecule has 2 rings (SSSR count). The second kappa shape index (κ2) is 9.47. The number of alkyl halides is 3. The van der Waals surface area contributed by atoms with Gasteiger partial charge in [-0.2, -0.15) is 0 Å². The summed E-state index contributed by atoms with van der Waals surface area (Å²) in [7, 11) is 0. The molecule has 2 amide bonds. The molecular weight excluding hydrogens is 451 g/mol. The van der Waals surface area contributed by atoms with E-state index >= 15 is 0 Å². The molecule has 0 unspecified atom stereocenters. The van der Waals surface area contributed by atoms with Gasteiger partial charge < -0.3 is 10.1 Å². The van der Waals surface area contributed by atoms with Crippen molar-refractivity contribution in [1.82, 2.24) is 10.2 Å². The molecule has 1 atom stereocenters. The highest BCUT2D eigenvalue weighted by molar-refractivity contribution is 8.26. The summed E-state index contributed by atoms with van der Waals surface area (Å²) in [6, 6.07) is 6.83. The minimum absolute atomic E-state index is 0.105. The monoisotopic (exact) mass is 466 g/mol. The van der Waals surface area contributed by atoms with Crippen LogP contribution in [-0.2, 0) is 9.59 Å². The number of nitrogens with zero attached hydrogens (tertiary/aromatic N) is 1. The van der Waals surface area contributed by atoms with Gasteiger partial charge in [0.2, 0.25) is 15.9 Å². The van der Waals surface area contributed by atoms with Gasteiger partial charge in [-0.05, 0) is 30.7 Å². The smallest absolute Gasteiger partial charge is 0.266 e. The topological polar surface area (TPSA) is 58.6 Å². The predicted molar refractivity (Wildman–Crippen MR) is 115 cm³/mol. The van der Waals surface area contributed by atoms with Gasteiger partial charge >= 0.3 is 0 Å². The Morgan fingerprint density at radius 1 is 1.33 bits per heavy atom. The van der Waals surface area contributed by atoms with Crippen LogP contribution in [0.4, 0.5) is 0 Å². The summed E-state index contributed by atoms with van der Waals surface area (Å²) in [4.78, 5) is 25.9. The zero-order valence-electron chi connectivity index (χ0n) is 14.5. The third kappa shape index (κ3) is 5.99. The number of benzene rings is 1. The lowest BCUT2D eigenvalue weighted by Crippen LogP contribution is -2.47. The predicted octanol–water partition coefficient (Wildman–Crippen LogP) is 4.51. The van der Waals surface area contributed by atoms with Crippen molar-refractivity contribution in [3.05, 3.63) is 34.7 Å². The molecule has 27 heavy (non-hydrogen) atoms. The second-order valence-electron chi connectivity index (χ2n) is 5.46. The van der Waals surface area contributed by atoms with Crippen LogP contribution >= 0.6 is 58.8 Å². The van der Waals surface area contributed by atoms with Crippen molar-refractivity contribution in [2.75, 3.05) is 6.54 Å². The van der Waals surface area contributed by atoms with Crippen molar-refractivity contribution in [2.24, 2.45) is 0 Å². The van der Waals surface area contributed by atoms with Gasteiger partial charge in [-0.15, -0.1) is 0 Å². The average Bonchev–Trinajstić information content (AvgIpc) is 2.87. The molecule has 0 bridgehead atoms. The number of hydrogen-bond acceptors (Lipinski definition) is 5. The standard InChI is InChI=1S/C17H17Cl3N2O3S2/c1-3-13(23)21-15(17(18,19)20)25-11-7-5-10(6-8-11)9-12-14(24)22(4-2)16(26)27-12/h5-9,15H,3-4H2,1-2H3,(H,21,23)/b12-9-/t15-/m1/s1. The first-order chi connectivity index (χ1) is 12.7. The minimum Gasteiger partial charge on any atom is -0.466 e. The van der Waals surface area contributed by atoms with E-state index in [1.54, 1.807) is 42.2 Å². The number of hydrogen-bond donors (Lipinski definition) is 1. The number of thiocarbonyl (C=S) groups is 1. The van der Waals surface area contributed by atoms with Crippen LogP contribution in [0.25, 0.3) is 6.08 Å². The largest absolute Gasteiger partial charge is 0.466 e. The molecule has 1 aliphatic rings. The Kier molecular flexibility index (Phi) is 7.83. The molecule has 0 aromatic heterocycles. The van der Waals surface area contributed by atoms with Crippen LogP contribution < -0.4 is 10.1 Å². The molecule has 1 saturated heterocycles. The zero-order chi connectivity index (χ0) is 20.2. The molecule has 1 N–H and O–H groups in total. The van der Waals surface area contributed by atoms with Crippen LogP contribution in [0.1, 0.15) is 25.8 Å². The van der Waals surface area contributed by atoms with Crippen LogP contribution in [-0.4, -0.2) is 37.6 Å². The van der Waals surface area contributed by atoms with E-state index in [1.165, 1.54) is 11.8 Å². The van der Waals surface area contributed by atoms with Crippen molar-refractivity contribution < 1.29 is 14.3 Å². The number of rotatable bonds is 6. The number of carbonyl (C=O) groups is 2. The van der Waals surface area contributed by atoms with Gasteiger partial charge in [0.1, 0.15) is 10.1 Å². The second-order valence-corrected chi connectivity index (χ2v) is 9.50. The van der Waals surface area contributed by atoms with Crippen molar-refractivity contribution >= 4 is 81.0 Å². The number of ether oxygens (including phenoxy) is 1. The van der Waals surface area contributed by atoms with Crippen molar-refractivity contribution in [1.29, 1.82) is 0 Å². The average molecular weight is 468 g/mol. The fourth-order valence-corrected chi connectivity index (χ4v) is 3.81. The molecule has 0 aliphatic carbocycles. The normalized spacial score (nSPS) is 17.4. The lowest BCUT2D eigenvalue weighted by Gasteiger charge is -2.26. The van der Waals surface area contributed by atoms with Gasteiger partial charge in [0.15, 0.2) is 0 Å². The van der Waals surface area contributed by atoms with Crippen molar-refractivity contribution in [2.45, 2.75) is 30.3 Å². The summed E-state index contributed by atoms with van der Waals surface area (Å²) in [6.45, 7) is 4.09. The molecule has 1 fully saturated rings. The maximum Gasteiger partial charge on any atom is 0.266 e. The molecule has 1 aromatic rings. The number of nitrogens with one attached hydrogen (secondary N) is 1. The number of halogens is 3. The molecule has 1 aromatic carbocycles. The highest BCUT2D eigenvalue weighted by Crippen LogP contribution is 2.34. The van der Waals surface area contributed by atoms with E-state index in [-0.39, 0.29) is 18.2 Å². The molecule has 5 nitrogen and oxygen atoms in total. The first-order valence-corrected chi connectivity index (χ1v) is 10.4. The first kappa shape index (κ1) is 22.3. The fraction of sp³-hybridized carbons (Fsp3) is 0.353. The third-order valence-electron chi connectivity index (χ3n) is 3.53. The summed E-state index contributed by atoms with van der Waals surface area (Å²) in [6.07, 6.45) is 0.848. The molecule has 0 saturated carbocycles. The Balaban J connectivity index is 2.12. The summed E-state index contributed by atoms with van der Waals surface area (Å²) >= 11 is 24.1.